The monoisotopic (exact) mass is 569 g/mol. The van der Waals surface area contributed by atoms with Gasteiger partial charge in [-0.2, -0.15) is 4.31 Å². The number of benzene rings is 2. The van der Waals surface area contributed by atoms with Gasteiger partial charge in [-0.25, -0.2) is 12.8 Å². The number of ether oxygens (including phenoxy) is 1. The van der Waals surface area contributed by atoms with Crippen molar-refractivity contribution >= 4 is 38.2 Å². The van der Waals surface area contributed by atoms with Gasteiger partial charge in [-0.15, -0.1) is 11.3 Å². The van der Waals surface area contributed by atoms with Gasteiger partial charge in [-0.05, 0) is 66.2 Å². The lowest BCUT2D eigenvalue weighted by Gasteiger charge is -2.50. The van der Waals surface area contributed by atoms with Crippen molar-refractivity contribution in [1.29, 1.82) is 0 Å². The normalized spacial score (nSPS) is 19.4. The smallest absolute Gasteiger partial charge is 0.254 e. The molecule has 2 aliphatic heterocycles. The first-order chi connectivity index (χ1) is 18.8. The number of halogens is 1. The SMILES string of the molecule is COc1ccc2c3c([nH]c2c1)[C@H](CO)N(C(=O)c1ccc(F)cc1)CC31CCN(S(=O)(=O)c2cccs2)CC1. The summed E-state index contributed by atoms with van der Waals surface area (Å²) < 4.78 is 47.4. The van der Waals surface area contributed by atoms with Crippen LogP contribution in [0.15, 0.2) is 64.2 Å². The number of H-pyrrole nitrogens is 1. The summed E-state index contributed by atoms with van der Waals surface area (Å²) in [6, 6.07) is 13.8. The highest BCUT2D eigenvalue weighted by molar-refractivity contribution is 7.91. The summed E-state index contributed by atoms with van der Waals surface area (Å²) >= 11 is 1.20. The third-order valence-corrected chi connectivity index (χ3v) is 11.3. The average molecular weight is 570 g/mol. The number of aliphatic hydroxyl groups excluding tert-OH is 1. The molecule has 0 unspecified atom stereocenters. The number of sulfonamides is 1. The molecule has 6 rings (SSSR count). The van der Waals surface area contributed by atoms with E-state index in [2.05, 4.69) is 4.98 Å². The number of nitrogens with one attached hydrogen (secondary N) is 1. The van der Waals surface area contributed by atoms with Crippen molar-refractivity contribution in [2.75, 3.05) is 33.4 Å². The highest BCUT2D eigenvalue weighted by Crippen LogP contribution is 2.50. The van der Waals surface area contributed by atoms with Crippen LogP contribution in [0, 0.1) is 5.82 Å². The Morgan fingerprint density at radius 2 is 1.92 bits per heavy atom. The quantitative estimate of drug-likeness (QED) is 0.373. The lowest BCUT2D eigenvalue weighted by Crippen LogP contribution is -2.55. The van der Waals surface area contributed by atoms with Gasteiger partial charge < -0.3 is 19.7 Å². The van der Waals surface area contributed by atoms with Gasteiger partial charge in [0.05, 0.1) is 19.8 Å². The number of nitrogens with zero attached hydrogens (tertiary/aromatic N) is 2. The van der Waals surface area contributed by atoms with E-state index in [1.54, 1.807) is 29.5 Å². The number of rotatable bonds is 5. The highest BCUT2D eigenvalue weighted by Gasteiger charge is 2.50. The third-order valence-electron chi connectivity index (χ3n) is 8.04. The summed E-state index contributed by atoms with van der Waals surface area (Å²) in [5, 5.41) is 13.2. The number of piperidine rings is 1. The Morgan fingerprint density at radius 1 is 1.18 bits per heavy atom. The van der Waals surface area contributed by atoms with Gasteiger partial charge in [-0.1, -0.05) is 6.07 Å². The van der Waals surface area contributed by atoms with Crippen LogP contribution in [0.3, 0.4) is 0 Å². The zero-order valence-electron chi connectivity index (χ0n) is 21.3. The topological polar surface area (TPSA) is 103 Å². The van der Waals surface area contributed by atoms with Crippen LogP contribution in [0.5, 0.6) is 5.75 Å². The Labute approximate surface area is 229 Å². The van der Waals surface area contributed by atoms with Crippen LogP contribution in [-0.4, -0.2) is 67.0 Å². The minimum atomic E-state index is -3.61. The van der Waals surface area contributed by atoms with Crippen molar-refractivity contribution in [3.05, 3.63) is 82.6 Å². The highest BCUT2D eigenvalue weighted by atomic mass is 32.2. The summed E-state index contributed by atoms with van der Waals surface area (Å²) in [6.07, 6.45) is 0.990. The fraction of sp³-hybridized carbons (Fsp3) is 0.321. The van der Waals surface area contributed by atoms with Crippen molar-refractivity contribution in [2.24, 2.45) is 0 Å². The molecule has 2 N–H and O–H groups in total. The molecule has 2 aromatic carbocycles. The number of thiophene rings is 1. The second kappa shape index (κ2) is 9.74. The molecule has 4 aromatic rings. The Morgan fingerprint density at radius 3 is 2.56 bits per heavy atom. The van der Waals surface area contributed by atoms with Gasteiger partial charge >= 0.3 is 0 Å². The van der Waals surface area contributed by atoms with E-state index in [1.807, 2.05) is 18.2 Å². The van der Waals surface area contributed by atoms with E-state index in [9.17, 15) is 22.7 Å². The van der Waals surface area contributed by atoms with E-state index in [4.69, 9.17) is 4.74 Å². The number of amides is 1. The molecule has 2 aromatic heterocycles. The molecule has 2 aliphatic rings. The second-order valence-corrected chi connectivity index (χ2v) is 13.2. The molecule has 11 heteroatoms. The zero-order valence-corrected chi connectivity index (χ0v) is 22.9. The maximum absolute atomic E-state index is 13.8. The predicted octanol–water partition coefficient (Wildman–Crippen LogP) is 4.29. The number of hydrogen-bond acceptors (Lipinski definition) is 6. The van der Waals surface area contributed by atoms with Crippen LogP contribution in [0.1, 0.15) is 40.5 Å². The fourth-order valence-electron chi connectivity index (χ4n) is 6.08. The molecule has 0 radical (unpaired) electrons. The van der Waals surface area contributed by atoms with Crippen LogP contribution >= 0.6 is 11.3 Å². The lowest BCUT2D eigenvalue weighted by atomic mass is 9.68. The van der Waals surface area contributed by atoms with E-state index >= 15 is 0 Å². The van der Waals surface area contributed by atoms with E-state index in [0.717, 1.165) is 22.2 Å². The number of hydrogen-bond donors (Lipinski definition) is 2. The van der Waals surface area contributed by atoms with Gasteiger partial charge in [0.25, 0.3) is 15.9 Å². The zero-order chi connectivity index (χ0) is 27.4. The van der Waals surface area contributed by atoms with Gasteiger partial charge in [0, 0.05) is 53.3 Å². The van der Waals surface area contributed by atoms with E-state index < -0.39 is 27.3 Å². The molecule has 1 amide bonds. The molecule has 1 fully saturated rings. The maximum atomic E-state index is 13.8. The van der Waals surface area contributed by atoms with Crippen LogP contribution in [0.25, 0.3) is 10.9 Å². The fourth-order valence-corrected chi connectivity index (χ4v) is 8.66. The Hall–Kier alpha value is -3.25. The average Bonchev–Trinajstić information content (AvgIpc) is 3.62. The van der Waals surface area contributed by atoms with Crippen molar-refractivity contribution in [1.82, 2.24) is 14.2 Å². The molecule has 0 aliphatic carbocycles. The van der Waals surface area contributed by atoms with Crippen LogP contribution < -0.4 is 4.74 Å². The summed E-state index contributed by atoms with van der Waals surface area (Å²) in [5.41, 5.74) is 2.34. The molecule has 1 spiro atoms. The number of carbonyl (C=O) groups excluding carboxylic acids is 1. The first-order valence-corrected chi connectivity index (χ1v) is 15.0. The number of fused-ring (bicyclic) bond motifs is 4. The molecule has 39 heavy (non-hydrogen) atoms. The van der Waals surface area contributed by atoms with Crippen LogP contribution in [-0.2, 0) is 15.4 Å². The van der Waals surface area contributed by atoms with Gasteiger partial charge in [-0.3, -0.25) is 4.79 Å². The van der Waals surface area contributed by atoms with Crippen molar-refractivity contribution in [2.45, 2.75) is 28.5 Å². The van der Waals surface area contributed by atoms with Crippen molar-refractivity contribution < 1.29 is 27.4 Å². The predicted molar refractivity (Wildman–Crippen MR) is 146 cm³/mol. The molecule has 0 bridgehead atoms. The number of aliphatic hydroxyl groups is 1. The molecular formula is C28H28FN3O5S2. The first-order valence-electron chi connectivity index (χ1n) is 12.7. The van der Waals surface area contributed by atoms with Crippen molar-refractivity contribution in [3.63, 3.8) is 0 Å². The Kier molecular flexibility index (Phi) is 6.49. The Bertz CT molecular complexity index is 1630. The maximum Gasteiger partial charge on any atom is 0.254 e. The molecule has 0 saturated carbocycles. The van der Waals surface area contributed by atoms with Gasteiger partial charge in [0.1, 0.15) is 15.8 Å². The minimum Gasteiger partial charge on any atom is -0.497 e. The van der Waals surface area contributed by atoms with Crippen LogP contribution in [0.4, 0.5) is 4.39 Å². The Balaban J connectivity index is 1.44. The second-order valence-electron chi connectivity index (χ2n) is 10.1. The number of methoxy groups -OCH3 is 1. The number of aromatic nitrogens is 1. The molecule has 8 nitrogen and oxygen atoms in total. The molecule has 4 heterocycles. The number of aromatic amines is 1. The minimum absolute atomic E-state index is 0.296. The van der Waals surface area contributed by atoms with E-state index in [0.29, 0.717) is 48.0 Å². The van der Waals surface area contributed by atoms with E-state index in [-0.39, 0.29) is 12.5 Å². The van der Waals surface area contributed by atoms with E-state index in [1.165, 1.54) is 39.9 Å². The number of carbonyl (C=O) groups is 1. The summed E-state index contributed by atoms with van der Waals surface area (Å²) in [5.74, 6) is -0.0812. The van der Waals surface area contributed by atoms with Gasteiger partial charge in [0.15, 0.2) is 0 Å². The summed E-state index contributed by atoms with van der Waals surface area (Å²) in [6.45, 7) is 0.585. The summed E-state index contributed by atoms with van der Waals surface area (Å²) in [4.78, 5) is 18.9. The molecule has 1 saturated heterocycles. The molecule has 204 valence electrons. The molecular weight excluding hydrogens is 541 g/mol. The van der Waals surface area contributed by atoms with Crippen molar-refractivity contribution in [3.8, 4) is 5.75 Å². The lowest BCUT2D eigenvalue weighted by molar-refractivity contribution is 0.0387. The largest absolute Gasteiger partial charge is 0.497 e. The van der Waals surface area contributed by atoms with Gasteiger partial charge in [0.2, 0.25) is 0 Å². The standard InChI is InChI=1S/C28H28FN3O5S2/c1-37-20-8-9-21-22(15-20)30-26-23(16-33)32(27(34)18-4-6-19(29)7-5-18)17-28(25(21)26)10-12-31(13-11-28)39(35,36)24-3-2-14-38-24/h2-9,14-15,23,30,33H,10-13,16-17H2,1H3/t23-/m0/s1. The first kappa shape index (κ1) is 26.0. The third kappa shape index (κ3) is 4.24. The summed E-state index contributed by atoms with van der Waals surface area (Å²) in [7, 11) is -2.02. The molecule has 1 atom stereocenters. The van der Waals surface area contributed by atoms with Crippen LogP contribution in [0.2, 0.25) is 0 Å².